The van der Waals surface area contributed by atoms with Crippen LogP contribution in [0.3, 0.4) is 0 Å². The fourth-order valence-corrected chi connectivity index (χ4v) is 1.32. The van der Waals surface area contributed by atoms with E-state index in [1.54, 1.807) is 0 Å². The van der Waals surface area contributed by atoms with Crippen LogP contribution in [0.25, 0.3) is 0 Å². The summed E-state index contributed by atoms with van der Waals surface area (Å²) in [5.74, 6) is 0. The summed E-state index contributed by atoms with van der Waals surface area (Å²) in [5.41, 5.74) is 0.138. The SMILES string of the molecule is C[B-](C)(C)COCc1ccc(C(F)(F)F)cc1. The summed E-state index contributed by atoms with van der Waals surface area (Å²) in [4.78, 5) is 0. The van der Waals surface area contributed by atoms with Gasteiger partial charge in [-0.2, -0.15) is 33.6 Å². The first-order valence-corrected chi connectivity index (χ1v) is 5.71. The Hall–Kier alpha value is -0.965. The molecule has 1 aromatic rings. The first kappa shape index (κ1) is 14.1. The van der Waals surface area contributed by atoms with Crippen molar-refractivity contribution in [3.63, 3.8) is 0 Å². The van der Waals surface area contributed by atoms with Crippen molar-refractivity contribution < 1.29 is 17.9 Å². The molecule has 1 rings (SSSR count). The Labute approximate surface area is 99.9 Å². The van der Waals surface area contributed by atoms with Crippen LogP contribution < -0.4 is 0 Å². The van der Waals surface area contributed by atoms with Crippen LogP contribution in [0.1, 0.15) is 11.1 Å². The number of hydrogen-bond acceptors (Lipinski definition) is 1. The highest BCUT2D eigenvalue weighted by Gasteiger charge is 2.29. The summed E-state index contributed by atoms with van der Waals surface area (Å²) in [7, 11) is 0. The maximum atomic E-state index is 12.3. The van der Waals surface area contributed by atoms with Crippen LogP contribution in [0.5, 0.6) is 0 Å². The summed E-state index contributed by atoms with van der Waals surface area (Å²) in [6.07, 6.45) is -4.80. The molecule has 0 radical (unpaired) electrons. The summed E-state index contributed by atoms with van der Waals surface area (Å²) in [5, 5.41) is 0. The highest BCUT2D eigenvalue weighted by atomic mass is 19.4. The second-order valence-electron chi connectivity index (χ2n) is 5.67. The van der Waals surface area contributed by atoms with Crippen molar-refractivity contribution in [1.29, 1.82) is 0 Å². The molecule has 0 saturated carbocycles. The van der Waals surface area contributed by atoms with Gasteiger partial charge in [0, 0.05) is 6.15 Å². The minimum atomic E-state index is -4.27. The molecule has 0 aliphatic carbocycles. The molecule has 5 heteroatoms. The van der Waals surface area contributed by atoms with Gasteiger partial charge in [-0.25, -0.2) is 0 Å². The molecule has 0 aliphatic heterocycles. The summed E-state index contributed by atoms with van der Waals surface area (Å²) >= 11 is 0. The number of hydrogen-bond donors (Lipinski definition) is 0. The molecule has 0 spiro atoms. The zero-order valence-corrected chi connectivity index (χ0v) is 10.3. The Bertz CT molecular complexity index is 351. The predicted octanol–water partition coefficient (Wildman–Crippen LogP) is 4.10. The van der Waals surface area contributed by atoms with E-state index in [4.69, 9.17) is 4.74 Å². The van der Waals surface area contributed by atoms with Crippen molar-refractivity contribution in [2.75, 3.05) is 6.51 Å². The van der Waals surface area contributed by atoms with Crippen molar-refractivity contribution in [1.82, 2.24) is 0 Å². The van der Waals surface area contributed by atoms with Crippen LogP contribution in [-0.4, -0.2) is 12.7 Å². The molecular weight excluding hydrogens is 228 g/mol. The predicted molar refractivity (Wildman–Crippen MR) is 64.4 cm³/mol. The molecule has 0 N–H and O–H groups in total. The molecule has 0 unspecified atom stereocenters. The largest absolute Gasteiger partial charge is 0.416 e. The molecule has 0 aromatic heterocycles. The van der Waals surface area contributed by atoms with Crippen LogP contribution in [0.2, 0.25) is 20.5 Å². The summed E-state index contributed by atoms with van der Waals surface area (Å²) in [6, 6.07) is 5.08. The van der Waals surface area contributed by atoms with E-state index in [2.05, 4.69) is 20.5 Å². The highest BCUT2D eigenvalue weighted by Crippen LogP contribution is 2.29. The van der Waals surface area contributed by atoms with E-state index in [-0.39, 0.29) is 0 Å². The maximum Gasteiger partial charge on any atom is 0.416 e. The lowest BCUT2D eigenvalue weighted by molar-refractivity contribution is -0.137. The van der Waals surface area contributed by atoms with Gasteiger partial charge < -0.3 is 4.74 Å². The Balaban J connectivity index is 2.52. The molecule has 0 saturated heterocycles. The van der Waals surface area contributed by atoms with Gasteiger partial charge in [0.1, 0.15) is 0 Å². The Morgan fingerprint density at radius 2 is 1.59 bits per heavy atom. The third-order valence-electron chi connectivity index (χ3n) is 2.17. The Morgan fingerprint density at radius 1 is 1.06 bits per heavy atom. The number of rotatable bonds is 4. The number of alkyl halides is 3. The molecule has 17 heavy (non-hydrogen) atoms. The van der Waals surface area contributed by atoms with Crippen molar-refractivity contribution in [2.45, 2.75) is 33.3 Å². The van der Waals surface area contributed by atoms with Gasteiger partial charge in [0.05, 0.1) is 12.2 Å². The van der Waals surface area contributed by atoms with Crippen LogP contribution in [-0.2, 0) is 17.5 Å². The number of halogens is 3. The zero-order valence-electron chi connectivity index (χ0n) is 10.3. The fourth-order valence-electron chi connectivity index (χ4n) is 1.32. The molecule has 1 aromatic carbocycles. The van der Waals surface area contributed by atoms with Crippen LogP contribution in [0.15, 0.2) is 24.3 Å². The molecule has 1 nitrogen and oxygen atoms in total. The van der Waals surface area contributed by atoms with E-state index >= 15 is 0 Å². The van der Waals surface area contributed by atoms with E-state index in [9.17, 15) is 13.2 Å². The van der Waals surface area contributed by atoms with Crippen LogP contribution >= 0.6 is 0 Å². The lowest BCUT2D eigenvalue weighted by Gasteiger charge is -2.22. The van der Waals surface area contributed by atoms with Crippen molar-refractivity contribution >= 4 is 6.15 Å². The molecular formula is C12H17BF3O-. The highest BCUT2D eigenvalue weighted by molar-refractivity contribution is 6.76. The Kier molecular flexibility index (Phi) is 4.25. The van der Waals surface area contributed by atoms with Crippen LogP contribution in [0.4, 0.5) is 13.2 Å². The molecule has 0 amide bonds. The fraction of sp³-hybridized carbons (Fsp3) is 0.500. The van der Waals surface area contributed by atoms with Crippen molar-refractivity contribution in [3.05, 3.63) is 35.4 Å². The second kappa shape index (κ2) is 5.13. The monoisotopic (exact) mass is 245 g/mol. The first-order valence-electron chi connectivity index (χ1n) is 5.71. The van der Waals surface area contributed by atoms with E-state index in [0.29, 0.717) is 13.1 Å². The average molecular weight is 245 g/mol. The third-order valence-corrected chi connectivity index (χ3v) is 2.17. The smallest absolute Gasteiger partial charge is 0.414 e. The zero-order chi connectivity index (χ0) is 13.1. The van der Waals surface area contributed by atoms with Crippen molar-refractivity contribution in [2.24, 2.45) is 0 Å². The minimum Gasteiger partial charge on any atom is -0.414 e. The van der Waals surface area contributed by atoms with Gasteiger partial charge >= 0.3 is 6.18 Å². The average Bonchev–Trinajstić information content (AvgIpc) is 2.15. The number of benzene rings is 1. The van der Waals surface area contributed by atoms with Gasteiger partial charge in [-0.1, -0.05) is 18.6 Å². The summed E-state index contributed by atoms with van der Waals surface area (Å²) < 4.78 is 42.4. The lowest BCUT2D eigenvalue weighted by Crippen LogP contribution is -2.27. The molecule has 0 fully saturated rings. The molecule has 0 aliphatic rings. The topological polar surface area (TPSA) is 9.23 Å². The van der Waals surface area contributed by atoms with Gasteiger partial charge in [0.2, 0.25) is 0 Å². The van der Waals surface area contributed by atoms with E-state index < -0.39 is 17.9 Å². The standard InChI is InChI=1S/C12H17BF3O/c1-13(2,3)9-17-8-10-4-6-11(7-5-10)12(14,15)16/h4-7H,8-9H2,1-3H3/q-1. The minimum absolute atomic E-state index is 0.358. The van der Waals surface area contributed by atoms with Gasteiger partial charge in [-0.05, 0) is 17.7 Å². The molecule has 96 valence electrons. The number of ether oxygens (including phenoxy) is 1. The van der Waals surface area contributed by atoms with Gasteiger partial charge in [0.25, 0.3) is 0 Å². The molecule has 0 bridgehead atoms. The quantitative estimate of drug-likeness (QED) is 0.725. The second-order valence-corrected chi connectivity index (χ2v) is 5.67. The molecule has 0 heterocycles. The Morgan fingerprint density at radius 3 is 2.00 bits per heavy atom. The first-order chi connectivity index (χ1) is 7.68. The van der Waals surface area contributed by atoms with Gasteiger partial charge in [-0.3, -0.25) is 0 Å². The van der Waals surface area contributed by atoms with Gasteiger partial charge in [-0.15, -0.1) is 0 Å². The lowest BCUT2D eigenvalue weighted by atomic mass is 9.31. The molecule has 0 atom stereocenters. The third kappa shape index (κ3) is 5.26. The van der Waals surface area contributed by atoms with Gasteiger partial charge in [0.15, 0.2) is 0 Å². The van der Waals surface area contributed by atoms with Crippen LogP contribution in [0, 0.1) is 0 Å². The van der Waals surface area contributed by atoms with E-state index in [0.717, 1.165) is 17.7 Å². The van der Waals surface area contributed by atoms with Crippen molar-refractivity contribution in [3.8, 4) is 0 Å². The van der Waals surface area contributed by atoms with E-state index in [1.807, 2.05) is 0 Å². The van der Waals surface area contributed by atoms with E-state index in [1.165, 1.54) is 12.1 Å². The summed E-state index contributed by atoms with van der Waals surface area (Å²) in [6.45, 7) is 7.31. The maximum absolute atomic E-state index is 12.3. The normalized spacial score (nSPS) is 12.8.